The van der Waals surface area contributed by atoms with E-state index in [2.05, 4.69) is 5.32 Å². The largest absolute Gasteiger partial charge is 0.497 e. The van der Waals surface area contributed by atoms with Crippen molar-refractivity contribution in [3.63, 3.8) is 0 Å². The van der Waals surface area contributed by atoms with Crippen LogP contribution in [0.3, 0.4) is 0 Å². The predicted octanol–water partition coefficient (Wildman–Crippen LogP) is 1.98. The summed E-state index contributed by atoms with van der Waals surface area (Å²) >= 11 is 0. The third-order valence-electron chi connectivity index (χ3n) is 7.92. The molecule has 2 aromatic carbocycles. The molecule has 1 amide bonds. The predicted molar refractivity (Wildman–Crippen MR) is 149 cm³/mol. The molecule has 9 nitrogen and oxygen atoms in total. The third kappa shape index (κ3) is 7.54. The second kappa shape index (κ2) is 13.5. The number of hydrogen-bond acceptors (Lipinski definition) is 8. The van der Waals surface area contributed by atoms with Crippen molar-refractivity contribution in [1.82, 2.24) is 10.2 Å². The van der Waals surface area contributed by atoms with E-state index >= 15 is 0 Å². The smallest absolute Gasteiger partial charge is 0.224 e. The van der Waals surface area contributed by atoms with Crippen molar-refractivity contribution in [1.29, 1.82) is 0 Å². The van der Waals surface area contributed by atoms with E-state index in [1.54, 1.807) is 14.0 Å². The molecule has 2 heterocycles. The first kappa shape index (κ1) is 29.9. The standard InChI is InChI=1S/C31H40N2O7/c1-21(33-13-14-39-19-25(33)18-34)28(35)17-24(15-23-9-11-26(38-3)12-10-23)30(37)32-27(29(36)31(2)20-40-31)16-22-7-5-4-6-8-22/h4-12,21,24-25,27,34H,13-20H2,1-3H3,(H,32,37)/t21-,24+,25-,27-,31+/m0/s1. The number of rotatable bonds is 14. The Hall–Kier alpha value is -3.11. The van der Waals surface area contributed by atoms with E-state index in [0.29, 0.717) is 45.0 Å². The van der Waals surface area contributed by atoms with Gasteiger partial charge in [0.15, 0.2) is 5.78 Å². The Morgan fingerprint density at radius 2 is 1.77 bits per heavy atom. The van der Waals surface area contributed by atoms with Gasteiger partial charge in [0, 0.05) is 18.9 Å². The molecule has 2 fully saturated rings. The van der Waals surface area contributed by atoms with Gasteiger partial charge in [-0.2, -0.15) is 0 Å². The summed E-state index contributed by atoms with van der Waals surface area (Å²) in [5.74, 6) is -0.626. The summed E-state index contributed by atoms with van der Waals surface area (Å²) in [6.45, 7) is 5.12. The van der Waals surface area contributed by atoms with Crippen LogP contribution in [-0.2, 0) is 36.7 Å². The Bertz CT molecular complexity index is 1150. The maximum Gasteiger partial charge on any atom is 0.224 e. The highest BCUT2D eigenvalue weighted by molar-refractivity contribution is 5.98. The lowest BCUT2D eigenvalue weighted by molar-refractivity contribution is -0.136. The molecule has 5 atom stereocenters. The molecule has 0 radical (unpaired) electrons. The van der Waals surface area contributed by atoms with E-state index in [9.17, 15) is 19.5 Å². The highest BCUT2D eigenvalue weighted by Gasteiger charge is 2.50. The summed E-state index contributed by atoms with van der Waals surface area (Å²) < 4.78 is 16.1. The Morgan fingerprint density at radius 1 is 1.10 bits per heavy atom. The van der Waals surface area contributed by atoms with Crippen molar-refractivity contribution in [2.45, 2.75) is 56.8 Å². The maximum atomic E-state index is 13.8. The maximum absolute atomic E-state index is 13.8. The number of ether oxygens (including phenoxy) is 3. The van der Waals surface area contributed by atoms with Gasteiger partial charge in [-0.25, -0.2) is 0 Å². The molecule has 0 aromatic heterocycles. The van der Waals surface area contributed by atoms with Gasteiger partial charge in [-0.15, -0.1) is 0 Å². The van der Waals surface area contributed by atoms with Crippen LogP contribution in [0, 0.1) is 5.92 Å². The fourth-order valence-corrected chi connectivity index (χ4v) is 5.20. The van der Waals surface area contributed by atoms with Gasteiger partial charge in [0.25, 0.3) is 0 Å². The zero-order chi connectivity index (χ0) is 28.7. The van der Waals surface area contributed by atoms with Crippen molar-refractivity contribution >= 4 is 17.5 Å². The average molecular weight is 553 g/mol. The van der Waals surface area contributed by atoms with E-state index in [1.807, 2.05) is 66.4 Å². The van der Waals surface area contributed by atoms with Crippen LogP contribution in [0.2, 0.25) is 0 Å². The summed E-state index contributed by atoms with van der Waals surface area (Å²) in [5, 5.41) is 12.8. The van der Waals surface area contributed by atoms with Gasteiger partial charge in [0.1, 0.15) is 17.1 Å². The fourth-order valence-electron chi connectivity index (χ4n) is 5.20. The molecular weight excluding hydrogens is 512 g/mol. The van der Waals surface area contributed by atoms with Crippen molar-refractivity contribution in [3.05, 3.63) is 65.7 Å². The van der Waals surface area contributed by atoms with Crippen LogP contribution in [0.25, 0.3) is 0 Å². The number of nitrogens with zero attached hydrogens (tertiary/aromatic N) is 1. The number of ketones is 2. The monoisotopic (exact) mass is 552 g/mol. The van der Waals surface area contributed by atoms with Crippen LogP contribution in [0.15, 0.2) is 54.6 Å². The van der Waals surface area contributed by atoms with Gasteiger partial charge < -0.3 is 24.6 Å². The molecule has 2 saturated heterocycles. The SMILES string of the molecule is COc1ccc(C[C@H](CC(=O)[C@H](C)N2CCOC[C@@H]2CO)C(=O)N[C@@H](Cc2ccccc2)C(=O)[C@@]2(C)CO2)cc1. The molecule has 9 heteroatoms. The molecule has 0 aliphatic carbocycles. The molecule has 2 N–H and O–H groups in total. The molecule has 0 saturated carbocycles. The summed E-state index contributed by atoms with van der Waals surface area (Å²) in [7, 11) is 1.59. The summed E-state index contributed by atoms with van der Waals surface area (Å²) in [6, 6.07) is 15.4. The topological polar surface area (TPSA) is 118 Å². The van der Waals surface area contributed by atoms with Gasteiger partial charge in [-0.1, -0.05) is 42.5 Å². The molecule has 40 heavy (non-hydrogen) atoms. The first-order valence-corrected chi connectivity index (χ1v) is 13.9. The third-order valence-corrected chi connectivity index (χ3v) is 7.92. The number of carbonyl (C=O) groups excluding carboxylic acids is 3. The minimum Gasteiger partial charge on any atom is -0.497 e. The summed E-state index contributed by atoms with van der Waals surface area (Å²) in [5.41, 5.74) is 0.895. The van der Waals surface area contributed by atoms with E-state index in [4.69, 9.17) is 14.2 Å². The number of amides is 1. The summed E-state index contributed by atoms with van der Waals surface area (Å²) in [6.07, 6.45) is 0.644. The molecule has 4 rings (SSSR count). The number of methoxy groups -OCH3 is 1. The second-order valence-corrected chi connectivity index (χ2v) is 10.9. The second-order valence-electron chi connectivity index (χ2n) is 10.9. The molecule has 2 aliphatic rings. The van der Waals surface area contributed by atoms with Crippen LogP contribution >= 0.6 is 0 Å². The van der Waals surface area contributed by atoms with Gasteiger partial charge >= 0.3 is 0 Å². The molecule has 2 aromatic rings. The Morgan fingerprint density at radius 3 is 2.40 bits per heavy atom. The fraction of sp³-hybridized carbons (Fsp3) is 0.516. The highest BCUT2D eigenvalue weighted by atomic mass is 16.6. The number of aliphatic hydroxyl groups excluding tert-OH is 1. The number of hydrogen-bond donors (Lipinski definition) is 2. The van der Waals surface area contributed by atoms with Gasteiger partial charge in [0.2, 0.25) is 5.91 Å². The lowest BCUT2D eigenvalue weighted by Gasteiger charge is -2.38. The first-order chi connectivity index (χ1) is 19.2. The van der Waals surface area contributed by atoms with Crippen LogP contribution in [0.1, 0.15) is 31.4 Å². The highest BCUT2D eigenvalue weighted by Crippen LogP contribution is 2.29. The lowest BCUT2D eigenvalue weighted by atomic mass is 9.89. The number of nitrogens with one attached hydrogen (secondary N) is 1. The number of morpholine rings is 1. The summed E-state index contributed by atoms with van der Waals surface area (Å²) in [4.78, 5) is 42.7. The number of aliphatic hydroxyl groups is 1. The minimum absolute atomic E-state index is 0.00541. The van der Waals surface area contributed by atoms with Crippen molar-refractivity contribution in [2.75, 3.05) is 40.1 Å². The van der Waals surface area contributed by atoms with Gasteiger partial charge in [0.05, 0.1) is 51.7 Å². The average Bonchev–Trinajstić information content (AvgIpc) is 3.74. The van der Waals surface area contributed by atoms with Crippen molar-refractivity contribution in [3.8, 4) is 5.75 Å². The molecule has 0 spiro atoms. The normalized spacial score (nSPS) is 23.1. The minimum atomic E-state index is -0.905. The zero-order valence-electron chi connectivity index (χ0n) is 23.5. The Balaban J connectivity index is 1.54. The van der Waals surface area contributed by atoms with E-state index in [-0.39, 0.29) is 36.5 Å². The first-order valence-electron chi connectivity index (χ1n) is 13.9. The number of carbonyl (C=O) groups is 3. The van der Waals surface area contributed by atoms with Crippen LogP contribution in [0.4, 0.5) is 0 Å². The molecule has 216 valence electrons. The number of Topliss-reactive ketones (excluding diaryl/α,β-unsaturated/α-hetero) is 2. The van der Waals surface area contributed by atoms with Crippen LogP contribution in [-0.4, -0.2) is 91.3 Å². The van der Waals surface area contributed by atoms with E-state index in [1.165, 1.54) is 0 Å². The van der Waals surface area contributed by atoms with Gasteiger partial charge in [-0.3, -0.25) is 19.3 Å². The number of benzene rings is 2. The quantitative estimate of drug-likeness (QED) is 0.342. The Kier molecular flexibility index (Phi) is 10.1. The van der Waals surface area contributed by atoms with Crippen molar-refractivity contribution in [2.24, 2.45) is 5.92 Å². The Labute approximate surface area is 235 Å². The molecule has 2 aliphatic heterocycles. The van der Waals surface area contributed by atoms with Crippen LogP contribution < -0.4 is 10.1 Å². The van der Waals surface area contributed by atoms with E-state index in [0.717, 1.165) is 11.1 Å². The number of epoxide rings is 1. The van der Waals surface area contributed by atoms with E-state index < -0.39 is 23.6 Å². The van der Waals surface area contributed by atoms with Crippen LogP contribution in [0.5, 0.6) is 5.75 Å². The molecular formula is C31H40N2O7. The zero-order valence-corrected chi connectivity index (χ0v) is 23.5. The molecule has 0 bridgehead atoms. The lowest BCUT2D eigenvalue weighted by Crippen LogP contribution is -2.54. The van der Waals surface area contributed by atoms with Gasteiger partial charge in [-0.05, 0) is 49.9 Å². The molecule has 0 unspecified atom stereocenters. The van der Waals surface area contributed by atoms with Crippen molar-refractivity contribution < 1.29 is 33.7 Å².